The Morgan fingerprint density at radius 3 is 2.88 bits per heavy atom. The lowest BCUT2D eigenvalue weighted by molar-refractivity contribution is 0.686. The molecule has 2 unspecified atom stereocenters. The first-order valence-electron chi connectivity index (χ1n) is 2.31. The van der Waals surface area contributed by atoms with Gasteiger partial charge in [-0.15, -0.1) is 0 Å². The molecule has 1 saturated heterocycles. The average molecular weight is 130 g/mol. The van der Waals surface area contributed by atoms with E-state index in [1.54, 1.807) is 0 Å². The van der Waals surface area contributed by atoms with Gasteiger partial charge in [-0.1, -0.05) is 0 Å². The lowest BCUT2D eigenvalue weighted by Gasteiger charge is -1.89. The fourth-order valence-electron chi connectivity index (χ4n) is 0.580. The standard InChI is InChI=1S/C4H6N2OS/c5-1-4-2-8(7)3-6-4/h4,6H,2-3H2. The Hall–Kier alpha value is -0.400. The monoisotopic (exact) mass is 130 g/mol. The third kappa shape index (κ3) is 1.05. The van der Waals surface area contributed by atoms with Crippen molar-refractivity contribution in [3.8, 4) is 6.07 Å². The molecule has 0 saturated carbocycles. The maximum Gasteiger partial charge on any atom is 0.108 e. The van der Waals surface area contributed by atoms with Gasteiger partial charge in [-0.3, -0.25) is 9.53 Å². The van der Waals surface area contributed by atoms with E-state index < -0.39 is 10.8 Å². The summed E-state index contributed by atoms with van der Waals surface area (Å²) in [6.07, 6.45) is 0. The second-order valence-corrected chi connectivity index (χ2v) is 3.14. The van der Waals surface area contributed by atoms with E-state index >= 15 is 0 Å². The van der Waals surface area contributed by atoms with E-state index in [1.807, 2.05) is 6.07 Å². The second kappa shape index (κ2) is 2.25. The fourth-order valence-corrected chi connectivity index (χ4v) is 1.65. The third-order valence-corrected chi connectivity index (χ3v) is 2.19. The normalized spacial score (nSPS) is 36.9. The SMILES string of the molecule is N#CC1CS(=O)CN1. The molecule has 0 aromatic heterocycles. The molecular weight excluding hydrogens is 124 g/mol. The number of nitrogens with one attached hydrogen (secondary N) is 1. The van der Waals surface area contributed by atoms with Crippen LogP contribution in [0.3, 0.4) is 0 Å². The molecular formula is C4H6N2OS. The Morgan fingerprint density at radius 2 is 2.62 bits per heavy atom. The topological polar surface area (TPSA) is 52.9 Å². The molecule has 0 radical (unpaired) electrons. The molecule has 1 rings (SSSR count). The Labute approximate surface area is 50.1 Å². The molecule has 3 nitrogen and oxygen atoms in total. The molecule has 0 aliphatic carbocycles. The van der Waals surface area contributed by atoms with E-state index in [-0.39, 0.29) is 6.04 Å². The van der Waals surface area contributed by atoms with E-state index in [0.717, 1.165) is 0 Å². The molecule has 2 atom stereocenters. The lowest BCUT2D eigenvalue weighted by atomic mass is 10.4. The van der Waals surface area contributed by atoms with Crippen LogP contribution in [0.5, 0.6) is 0 Å². The summed E-state index contributed by atoms with van der Waals surface area (Å²) < 4.78 is 10.5. The highest BCUT2D eigenvalue weighted by Gasteiger charge is 2.18. The largest absolute Gasteiger partial charge is 0.290 e. The summed E-state index contributed by atoms with van der Waals surface area (Å²) in [5.41, 5.74) is 0. The number of nitriles is 1. The minimum absolute atomic E-state index is 0.171. The Bertz CT molecular complexity index is 151. The van der Waals surface area contributed by atoms with Gasteiger partial charge in [-0.2, -0.15) is 5.26 Å². The summed E-state index contributed by atoms with van der Waals surface area (Å²) in [4.78, 5) is 0. The van der Waals surface area contributed by atoms with Crippen LogP contribution in [-0.4, -0.2) is 21.9 Å². The summed E-state index contributed by atoms with van der Waals surface area (Å²) in [6, 6.07) is 1.82. The van der Waals surface area contributed by atoms with Crippen LogP contribution in [0.25, 0.3) is 0 Å². The third-order valence-electron chi connectivity index (χ3n) is 0.999. The van der Waals surface area contributed by atoms with E-state index in [2.05, 4.69) is 5.32 Å². The van der Waals surface area contributed by atoms with Crippen molar-refractivity contribution in [3.05, 3.63) is 0 Å². The van der Waals surface area contributed by atoms with Crippen LogP contribution in [0, 0.1) is 11.3 Å². The van der Waals surface area contributed by atoms with Gasteiger partial charge in [0.15, 0.2) is 0 Å². The zero-order valence-electron chi connectivity index (χ0n) is 4.26. The van der Waals surface area contributed by atoms with Crippen molar-refractivity contribution in [2.75, 3.05) is 11.6 Å². The summed E-state index contributed by atoms with van der Waals surface area (Å²) in [5, 5.41) is 11.0. The van der Waals surface area contributed by atoms with E-state index in [0.29, 0.717) is 11.6 Å². The predicted molar refractivity (Wildman–Crippen MR) is 30.4 cm³/mol. The molecule has 44 valence electrons. The quantitative estimate of drug-likeness (QED) is 0.466. The van der Waals surface area contributed by atoms with Crippen LogP contribution in [0.1, 0.15) is 0 Å². The molecule has 1 heterocycles. The van der Waals surface area contributed by atoms with Crippen LogP contribution in [-0.2, 0) is 10.8 Å². The molecule has 0 aromatic carbocycles. The summed E-state index contributed by atoms with van der Waals surface area (Å²) in [5.74, 6) is 0.981. The van der Waals surface area contributed by atoms with Crippen molar-refractivity contribution in [1.82, 2.24) is 5.32 Å². The molecule has 0 amide bonds. The highest BCUT2D eigenvalue weighted by atomic mass is 32.2. The first-order chi connectivity index (χ1) is 3.83. The van der Waals surface area contributed by atoms with Crippen LogP contribution in [0.15, 0.2) is 0 Å². The summed E-state index contributed by atoms with van der Waals surface area (Å²) in [7, 11) is -0.786. The number of hydrogen-bond donors (Lipinski definition) is 1. The zero-order valence-corrected chi connectivity index (χ0v) is 5.07. The first kappa shape index (κ1) is 5.73. The van der Waals surface area contributed by atoms with Crippen molar-refractivity contribution in [2.24, 2.45) is 0 Å². The van der Waals surface area contributed by atoms with Crippen LogP contribution in [0.2, 0.25) is 0 Å². The van der Waals surface area contributed by atoms with Crippen molar-refractivity contribution in [3.63, 3.8) is 0 Å². The Balaban J connectivity index is 2.47. The van der Waals surface area contributed by atoms with Crippen molar-refractivity contribution >= 4 is 10.8 Å². The lowest BCUT2D eigenvalue weighted by Crippen LogP contribution is -2.20. The summed E-state index contributed by atoms with van der Waals surface area (Å²) >= 11 is 0. The smallest absolute Gasteiger partial charge is 0.108 e. The minimum Gasteiger partial charge on any atom is -0.290 e. The Kier molecular flexibility index (Phi) is 1.61. The van der Waals surface area contributed by atoms with E-state index in [1.165, 1.54) is 0 Å². The van der Waals surface area contributed by atoms with E-state index in [9.17, 15) is 4.21 Å². The van der Waals surface area contributed by atoms with Gasteiger partial charge in [0.2, 0.25) is 0 Å². The molecule has 0 spiro atoms. The van der Waals surface area contributed by atoms with Gasteiger partial charge in [0.25, 0.3) is 0 Å². The average Bonchev–Trinajstić information content (AvgIpc) is 2.14. The molecule has 8 heavy (non-hydrogen) atoms. The van der Waals surface area contributed by atoms with Crippen molar-refractivity contribution in [2.45, 2.75) is 6.04 Å². The second-order valence-electron chi connectivity index (χ2n) is 1.64. The Morgan fingerprint density at radius 1 is 1.88 bits per heavy atom. The van der Waals surface area contributed by atoms with Crippen LogP contribution < -0.4 is 5.32 Å². The molecule has 0 bridgehead atoms. The number of hydrogen-bond acceptors (Lipinski definition) is 3. The molecule has 4 heteroatoms. The van der Waals surface area contributed by atoms with Gasteiger partial charge in [0.05, 0.1) is 17.7 Å². The summed E-state index contributed by atoms with van der Waals surface area (Å²) in [6.45, 7) is 0. The molecule has 1 aliphatic rings. The van der Waals surface area contributed by atoms with Crippen molar-refractivity contribution in [1.29, 1.82) is 5.26 Å². The molecule has 1 aliphatic heterocycles. The highest BCUT2D eigenvalue weighted by Crippen LogP contribution is 1.95. The van der Waals surface area contributed by atoms with Gasteiger partial charge in [-0.05, 0) is 0 Å². The fraction of sp³-hybridized carbons (Fsp3) is 0.750. The van der Waals surface area contributed by atoms with Gasteiger partial charge in [-0.25, -0.2) is 0 Å². The van der Waals surface area contributed by atoms with Gasteiger partial charge >= 0.3 is 0 Å². The van der Waals surface area contributed by atoms with Gasteiger partial charge < -0.3 is 0 Å². The maximum atomic E-state index is 10.5. The van der Waals surface area contributed by atoms with E-state index in [4.69, 9.17) is 5.26 Å². The number of nitrogens with zero attached hydrogens (tertiary/aromatic N) is 1. The van der Waals surface area contributed by atoms with Gasteiger partial charge in [0, 0.05) is 10.8 Å². The first-order valence-corrected chi connectivity index (χ1v) is 3.79. The zero-order chi connectivity index (χ0) is 5.98. The predicted octanol–water partition coefficient (Wildman–Crippen LogP) is -0.812. The van der Waals surface area contributed by atoms with Crippen LogP contribution >= 0.6 is 0 Å². The number of rotatable bonds is 0. The molecule has 0 aromatic rings. The minimum atomic E-state index is -0.786. The maximum absolute atomic E-state index is 10.5. The van der Waals surface area contributed by atoms with Crippen LogP contribution in [0.4, 0.5) is 0 Å². The highest BCUT2D eigenvalue weighted by molar-refractivity contribution is 7.85. The van der Waals surface area contributed by atoms with Crippen molar-refractivity contribution < 1.29 is 4.21 Å². The molecule has 1 N–H and O–H groups in total. The van der Waals surface area contributed by atoms with Gasteiger partial charge in [0.1, 0.15) is 6.04 Å². The molecule has 1 fully saturated rings.